The summed E-state index contributed by atoms with van der Waals surface area (Å²) in [5, 5.41) is 10.5. The minimum Gasteiger partial charge on any atom is -0.370 e. The van der Waals surface area contributed by atoms with Gasteiger partial charge in [-0.15, -0.1) is 0 Å². The van der Waals surface area contributed by atoms with Crippen molar-refractivity contribution in [2.24, 2.45) is 11.5 Å². The van der Waals surface area contributed by atoms with Gasteiger partial charge in [0.25, 0.3) is 5.69 Å². The van der Waals surface area contributed by atoms with Crippen LogP contribution in [0.5, 0.6) is 0 Å². The summed E-state index contributed by atoms with van der Waals surface area (Å²) in [5.74, 6) is -0.533. The van der Waals surface area contributed by atoms with Crippen LogP contribution in [0.4, 0.5) is 5.69 Å². The number of primary amides is 1. The molecule has 80 valence electrons. The predicted molar refractivity (Wildman–Crippen MR) is 53.8 cm³/mol. The van der Waals surface area contributed by atoms with Crippen LogP contribution in [0.1, 0.15) is 18.0 Å². The molecule has 15 heavy (non-hydrogen) atoms. The number of rotatable bonds is 4. The summed E-state index contributed by atoms with van der Waals surface area (Å²) in [6.07, 6.45) is -0.0266. The lowest BCUT2D eigenvalue weighted by Crippen LogP contribution is -2.20. The van der Waals surface area contributed by atoms with E-state index in [0.29, 0.717) is 5.56 Å². The zero-order chi connectivity index (χ0) is 11.4. The van der Waals surface area contributed by atoms with Crippen molar-refractivity contribution in [1.82, 2.24) is 0 Å². The molecule has 6 heteroatoms. The van der Waals surface area contributed by atoms with Crippen molar-refractivity contribution < 1.29 is 9.72 Å². The molecule has 0 radical (unpaired) electrons. The maximum absolute atomic E-state index is 10.6. The van der Waals surface area contributed by atoms with Crippen LogP contribution in [-0.2, 0) is 4.79 Å². The molecule has 0 aliphatic carbocycles. The SMILES string of the molecule is NC(=O)CC(N)c1cccc([N+](=O)[O-])c1. The molecule has 0 heterocycles. The van der Waals surface area contributed by atoms with Gasteiger partial charge in [-0.2, -0.15) is 0 Å². The smallest absolute Gasteiger partial charge is 0.269 e. The minimum atomic E-state index is -0.595. The molecule has 1 amide bonds. The molecule has 1 atom stereocenters. The average Bonchev–Trinajstić information content (AvgIpc) is 2.17. The summed E-state index contributed by atoms with van der Waals surface area (Å²) in [6.45, 7) is 0. The van der Waals surface area contributed by atoms with Crippen molar-refractivity contribution >= 4 is 11.6 Å². The second-order valence-corrected chi connectivity index (χ2v) is 3.13. The highest BCUT2D eigenvalue weighted by molar-refractivity contribution is 5.74. The highest BCUT2D eigenvalue weighted by atomic mass is 16.6. The molecule has 0 fully saturated rings. The van der Waals surface area contributed by atoms with Gasteiger partial charge in [0, 0.05) is 24.6 Å². The van der Waals surface area contributed by atoms with E-state index in [4.69, 9.17) is 11.5 Å². The number of carbonyl (C=O) groups excluding carboxylic acids is 1. The third kappa shape index (κ3) is 3.03. The highest BCUT2D eigenvalue weighted by Gasteiger charge is 2.12. The molecule has 1 rings (SSSR count). The van der Waals surface area contributed by atoms with E-state index in [2.05, 4.69) is 0 Å². The highest BCUT2D eigenvalue weighted by Crippen LogP contribution is 2.19. The average molecular weight is 209 g/mol. The van der Waals surface area contributed by atoms with Gasteiger partial charge in [-0.3, -0.25) is 14.9 Å². The third-order valence-corrected chi connectivity index (χ3v) is 1.93. The number of hydrogen-bond donors (Lipinski definition) is 2. The van der Waals surface area contributed by atoms with Crippen LogP contribution in [0.15, 0.2) is 24.3 Å². The number of nitrogens with zero attached hydrogens (tertiary/aromatic N) is 1. The lowest BCUT2D eigenvalue weighted by molar-refractivity contribution is -0.384. The third-order valence-electron chi connectivity index (χ3n) is 1.93. The minimum absolute atomic E-state index is 0.0266. The quantitative estimate of drug-likeness (QED) is 0.554. The van der Waals surface area contributed by atoms with Crippen molar-refractivity contribution in [2.75, 3.05) is 0 Å². The Morgan fingerprint density at radius 3 is 2.73 bits per heavy atom. The molecule has 0 aromatic heterocycles. The number of non-ortho nitro benzene ring substituents is 1. The Kier molecular flexibility index (Phi) is 3.35. The largest absolute Gasteiger partial charge is 0.370 e. The Morgan fingerprint density at radius 2 is 2.20 bits per heavy atom. The number of hydrogen-bond acceptors (Lipinski definition) is 4. The normalized spacial score (nSPS) is 12.1. The Balaban J connectivity index is 2.89. The first-order valence-corrected chi connectivity index (χ1v) is 4.29. The number of benzene rings is 1. The monoisotopic (exact) mass is 209 g/mol. The molecule has 0 saturated heterocycles. The number of nitrogens with two attached hydrogens (primary N) is 2. The molecule has 1 aromatic carbocycles. The molecule has 0 bridgehead atoms. The van der Waals surface area contributed by atoms with E-state index in [0.717, 1.165) is 0 Å². The lowest BCUT2D eigenvalue weighted by atomic mass is 10.0. The van der Waals surface area contributed by atoms with Gasteiger partial charge >= 0.3 is 0 Å². The van der Waals surface area contributed by atoms with Crippen LogP contribution in [-0.4, -0.2) is 10.8 Å². The van der Waals surface area contributed by atoms with Crippen molar-refractivity contribution in [2.45, 2.75) is 12.5 Å². The van der Waals surface area contributed by atoms with E-state index in [9.17, 15) is 14.9 Å². The molecular formula is C9H11N3O3. The molecule has 0 spiro atoms. The molecule has 0 aliphatic heterocycles. The maximum atomic E-state index is 10.6. The van der Waals surface area contributed by atoms with Gasteiger partial charge in [-0.25, -0.2) is 0 Å². The van der Waals surface area contributed by atoms with E-state index in [-0.39, 0.29) is 12.1 Å². The van der Waals surface area contributed by atoms with Crippen molar-refractivity contribution in [1.29, 1.82) is 0 Å². The summed E-state index contributed by atoms with van der Waals surface area (Å²) in [6, 6.07) is 5.26. The molecule has 1 aromatic rings. The standard InChI is InChI=1S/C9H11N3O3/c10-8(5-9(11)13)6-2-1-3-7(4-6)12(14)15/h1-4,8H,5,10H2,(H2,11,13). The number of nitro benzene ring substituents is 1. The van der Waals surface area contributed by atoms with Crippen LogP contribution in [0, 0.1) is 10.1 Å². The van der Waals surface area contributed by atoms with Gasteiger partial charge in [0.05, 0.1) is 4.92 Å². The van der Waals surface area contributed by atoms with Crippen LogP contribution in [0.25, 0.3) is 0 Å². The number of nitro groups is 1. The number of amides is 1. The zero-order valence-corrected chi connectivity index (χ0v) is 7.92. The lowest BCUT2D eigenvalue weighted by Gasteiger charge is -2.08. The van der Waals surface area contributed by atoms with Crippen LogP contribution < -0.4 is 11.5 Å². The van der Waals surface area contributed by atoms with Crippen LogP contribution in [0.3, 0.4) is 0 Å². The van der Waals surface area contributed by atoms with Crippen LogP contribution in [0.2, 0.25) is 0 Å². The summed E-state index contributed by atoms with van der Waals surface area (Å²) in [5.41, 5.74) is 11.1. The summed E-state index contributed by atoms with van der Waals surface area (Å²) >= 11 is 0. The summed E-state index contributed by atoms with van der Waals surface area (Å²) in [7, 11) is 0. The zero-order valence-electron chi connectivity index (χ0n) is 7.92. The van der Waals surface area contributed by atoms with Gasteiger partial charge in [-0.05, 0) is 5.56 Å². The Morgan fingerprint density at radius 1 is 1.53 bits per heavy atom. The van der Waals surface area contributed by atoms with Crippen LogP contribution >= 0.6 is 0 Å². The fourth-order valence-electron chi connectivity index (χ4n) is 1.20. The second-order valence-electron chi connectivity index (χ2n) is 3.13. The molecule has 0 saturated carbocycles. The van der Waals surface area contributed by atoms with E-state index >= 15 is 0 Å². The summed E-state index contributed by atoms with van der Waals surface area (Å²) in [4.78, 5) is 20.6. The van der Waals surface area contributed by atoms with Gasteiger partial charge in [0.15, 0.2) is 0 Å². The van der Waals surface area contributed by atoms with E-state index in [1.165, 1.54) is 18.2 Å². The van der Waals surface area contributed by atoms with Gasteiger partial charge in [-0.1, -0.05) is 12.1 Å². The second kappa shape index (κ2) is 4.52. The maximum Gasteiger partial charge on any atom is 0.269 e. The molecule has 0 aliphatic rings. The fourth-order valence-corrected chi connectivity index (χ4v) is 1.20. The van der Waals surface area contributed by atoms with E-state index in [1.807, 2.05) is 0 Å². The van der Waals surface area contributed by atoms with Gasteiger partial charge < -0.3 is 11.5 Å². The summed E-state index contributed by atoms with van der Waals surface area (Å²) < 4.78 is 0. The fraction of sp³-hybridized carbons (Fsp3) is 0.222. The van der Waals surface area contributed by atoms with Gasteiger partial charge in [0.2, 0.25) is 5.91 Å². The first kappa shape index (κ1) is 11.1. The van der Waals surface area contributed by atoms with Gasteiger partial charge in [0.1, 0.15) is 0 Å². The molecule has 4 N–H and O–H groups in total. The number of carbonyl (C=O) groups is 1. The Hall–Kier alpha value is -1.95. The first-order valence-electron chi connectivity index (χ1n) is 4.29. The first-order chi connectivity index (χ1) is 7.00. The molecule has 6 nitrogen and oxygen atoms in total. The predicted octanol–water partition coefficient (Wildman–Crippen LogP) is 0.470. The molecule has 1 unspecified atom stereocenters. The van der Waals surface area contributed by atoms with E-state index in [1.54, 1.807) is 6.07 Å². The van der Waals surface area contributed by atoms with Crippen molar-refractivity contribution in [3.63, 3.8) is 0 Å². The Bertz CT molecular complexity index is 392. The van der Waals surface area contributed by atoms with Crippen molar-refractivity contribution in [3.8, 4) is 0 Å². The van der Waals surface area contributed by atoms with E-state index < -0.39 is 16.9 Å². The topological polar surface area (TPSA) is 112 Å². The molecular weight excluding hydrogens is 198 g/mol. The Labute approximate surface area is 86.0 Å². The van der Waals surface area contributed by atoms with Crippen molar-refractivity contribution in [3.05, 3.63) is 39.9 Å².